The van der Waals surface area contributed by atoms with Gasteiger partial charge in [-0.2, -0.15) is 18.3 Å². The summed E-state index contributed by atoms with van der Waals surface area (Å²) in [5.41, 5.74) is 0.926. The molecule has 0 unspecified atom stereocenters. The fourth-order valence-corrected chi connectivity index (χ4v) is 3.09. The van der Waals surface area contributed by atoms with Gasteiger partial charge in [-0.3, -0.25) is 9.52 Å². The van der Waals surface area contributed by atoms with Gasteiger partial charge in [0.05, 0.1) is 11.1 Å². The smallest absolute Gasteiger partial charge is 0.326 e. The molecule has 0 spiro atoms. The molecule has 2 rings (SSSR count). The molecule has 2 aromatic rings. The van der Waals surface area contributed by atoms with Crippen molar-refractivity contribution in [3.8, 4) is 0 Å². The molecule has 2 N–H and O–H groups in total. The third-order valence-electron chi connectivity index (χ3n) is 3.11. The van der Waals surface area contributed by atoms with Crippen molar-refractivity contribution >= 4 is 27.4 Å². The second-order valence-corrected chi connectivity index (χ2v) is 6.94. The van der Waals surface area contributed by atoms with Crippen molar-refractivity contribution in [1.82, 2.24) is 9.78 Å². The maximum atomic E-state index is 12.5. The van der Waals surface area contributed by atoms with E-state index in [-0.39, 0.29) is 16.6 Å². The van der Waals surface area contributed by atoms with Crippen LogP contribution in [0.3, 0.4) is 0 Å². The number of alkyl halides is 3. The van der Waals surface area contributed by atoms with Crippen molar-refractivity contribution in [1.29, 1.82) is 0 Å². The zero-order valence-corrected chi connectivity index (χ0v) is 14.1. The fourth-order valence-electron chi connectivity index (χ4n) is 2.00. The lowest BCUT2D eigenvalue weighted by Gasteiger charge is -2.13. The second kappa shape index (κ2) is 6.75. The van der Waals surface area contributed by atoms with Crippen LogP contribution < -0.4 is 10.0 Å². The number of hydrogen-bond acceptors (Lipinski definition) is 4. The molecule has 0 atom stereocenters. The van der Waals surface area contributed by atoms with Gasteiger partial charge in [0.1, 0.15) is 12.4 Å². The van der Waals surface area contributed by atoms with E-state index < -0.39 is 22.7 Å². The Morgan fingerprint density at radius 1 is 1.28 bits per heavy atom. The van der Waals surface area contributed by atoms with Crippen LogP contribution in [0.1, 0.15) is 12.5 Å². The van der Waals surface area contributed by atoms with Gasteiger partial charge >= 0.3 is 6.18 Å². The Labute approximate surface area is 141 Å². The number of carbonyl (C=O) groups excluding carboxylic acids is 1. The maximum Gasteiger partial charge on any atom is 0.408 e. The molecule has 25 heavy (non-hydrogen) atoms. The Kier molecular flexibility index (Phi) is 5.07. The topological polar surface area (TPSA) is 93.1 Å². The summed E-state index contributed by atoms with van der Waals surface area (Å²) >= 11 is 0. The zero-order chi connectivity index (χ0) is 18.8. The molecule has 7 nitrogen and oxygen atoms in total. The van der Waals surface area contributed by atoms with Crippen LogP contribution in [0.15, 0.2) is 35.4 Å². The van der Waals surface area contributed by atoms with Gasteiger partial charge in [0, 0.05) is 18.7 Å². The molecule has 1 heterocycles. The highest BCUT2D eigenvalue weighted by atomic mass is 32.2. The first kappa shape index (κ1) is 18.8. The second-order valence-electron chi connectivity index (χ2n) is 5.25. The molecule has 0 saturated heterocycles. The van der Waals surface area contributed by atoms with Crippen molar-refractivity contribution in [2.24, 2.45) is 0 Å². The van der Waals surface area contributed by atoms with E-state index in [1.165, 1.54) is 25.1 Å². The number of rotatable bonds is 5. The molecule has 0 fully saturated rings. The molecular formula is C14H15F3N4O3S. The number of sulfonamides is 1. The Morgan fingerprint density at radius 3 is 2.56 bits per heavy atom. The number of nitrogens with zero attached hydrogens (tertiary/aromatic N) is 2. The highest BCUT2D eigenvalue weighted by molar-refractivity contribution is 7.92. The molecule has 1 amide bonds. The number of hydrogen-bond donors (Lipinski definition) is 2. The maximum absolute atomic E-state index is 12.5. The lowest BCUT2D eigenvalue weighted by molar-refractivity contribution is -0.142. The molecule has 1 aromatic carbocycles. The summed E-state index contributed by atoms with van der Waals surface area (Å²) in [5.74, 6) is -0.701. The van der Waals surface area contributed by atoms with E-state index in [2.05, 4.69) is 15.1 Å². The molecule has 0 radical (unpaired) electrons. The lowest BCUT2D eigenvalue weighted by Crippen LogP contribution is -2.22. The molecular weight excluding hydrogens is 361 g/mol. The highest BCUT2D eigenvalue weighted by Gasteiger charge is 2.30. The minimum absolute atomic E-state index is 0.207. The van der Waals surface area contributed by atoms with Gasteiger partial charge in [-0.15, -0.1) is 0 Å². The predicted octanol–water partition coefficient (Wildman–Crippen LogP) is 2.51. The molecule has 136 valence electrons. The van der Waals surface area contributed by atoms with Crippen LogP contribution in [0, 0.1) is 6.92 Å². The quantitative estimate of drug-likeness (QED) is 0.839. The molecule has 11 heteroatoms. The number of aromatic nitrogens is 2. The van der Waals surface area contributed by atoms with Gasteiger partial charge in [0.2, 0.25) is 5.91 Å². The van der Waals surface area contributed by atoms with Crippen LogP contribution in [0.4, 0.5) is 24.7 Å². The van der Waals surface area contributed by atoms with Gasteiger partial charge in [-0.25, -0.2) is 13.1 Å². The van der Waals surface area contributed by atoms with Crippen LogP contribution in [0.25, 0.3) is 0 Å². The average molecular weight is 376 g/mol. The van der Waals surface area contributed by atoms with Crippen molar-refractivity contribution < 1.29 is 26.4 Å². The summed E-state index contributed by atoms with van der Waals surface area (Å²) in [4.78, 5) is 11.0. The molecule has 0 aliphatic rings. The first-order valence-electron chi connectivity index (χ1n) is 6.97. The van der Waals surface area contributed by atoms with E-state index >= 15 is 0 Å². The number of amides is 1. The number of aryl methyl sites for hydroxylation is 1. The predicted molar refractivity (Wildman–Crippen MR) is 84.6 cm³/mol. The SMILES string of the molecule is CC(=O)Nc1cc(S(=O)(=O)Nc2ccnn2CC(F)(F)F)ccc1C. The van der Waals surface area contributed by atoms with Gasteiger partial charge < -0.3 is 5.32 Å². The number of halogens is 3. The van der Waals surface area contributed by atoms with E-state index in [1.54, 1.807) is 6.92 Å². The van der Waals surface area contributed by atoms with Gasteiger partial charge in [0.25, 0.3) is 10.0 Å². The van der Waals surface area contributed by atoms with E-state index in [0.717, 1.165) is 12.3 Å². The Hall–Kier alpha value is -2.56. The van der Waals surface area contributed by atoms with Crippen molar-refractivity contribution in [2.75, 3.05) is 10.0 Å². The Balaban J connectivity index is 2.32. The molecule has 0 saturated carbocycles. The third-order valence-corrected chi connectivity index (χ3v) is 4.47. The summed E-state index contributed by atoms with van der Waals surface area (Å²) in [6.07, 6.45) is -3.49. The van der Waals surface area contributed by atoms with Crippen molar-refractivity contribution in [3.63, 3.8) is 0 Å². The summed E-state index contributed by atoms with van der Waals surface area (Å²) in [6.45, 7) is 1.52. The number of benzene rings is 1. The minimum atomic E-state index is -4.55. The standard InChI is InChI=1S/C14H15F3N4O3S/c1-9-3-4-11(7-12(9)19-10(2)22)25(23,24)20-13-5-6-18-21(13)8-14(15,16)17/h3-7,20H,8H2,1-2H3,(H,19,22). The Bertz CT molecular complexity index is 891. The minimum Gasteiger partial charge on any atom is -0.326 e. The number of nitrogens with one attached hydrogen (secondary N) is 2. The normalized spacial score (nSPS) is 12.0. The molecule has 1 aromatic heterocycles. The van der Waals surface area contributed by atoms with E-state index in [9.17, 15) is 26.4 Å². The zero-order valence-electron chi connectivity index (χ0n) is 13.3. The monoisotopic (exact) mass is 376 g/mol. The Morgan fingerprint density at radius 2 is 1.96 bits per heavy atom. The van der Waals surface area contributed by atoms with E-state index in [0.29, 0.717) is 15.9 Å². The van der Waals surface area contributed by atoms with Crippen LogP contribution in [-0.2, 0) is 21.4 Å². The largest absolute Gasteiger partial charge is 0.408 e. The third kappa shape index (κ3) is 4.95. The number of anilines is 2. The van der Waals surface area contributed by atoms with Gasteiger partial charge in [0.15, 0.2) is 0 Å². The molecule has 0 aliphatic heterocycles. The lowest BCUT2D eigenvalue weighted by atomic mass is 10.2. The van der Waals surface area contributed by atoms with Crippen molar-refractivity contribution in [3.05, 3.63) is 36.0 Å². The molecule has 0 bridgehead atoms. The number of carbonyl (C=O) groups is 1. The van der Waals surface area contributed by atoms with Crippen LogP contribution in [0.5, 0.6) is 0 Å². The summed E-state index contributed by atoms with van der Waals surface area (Å²) in [5, 5.41) is 5.95. The average Bonchev–Trinajstić information content (AvgIpc) is 2.85. The first-order chi connectivity index (χ1) is 11.5. The van der Waals surface area contributed by atoms with E-state index in [4.69, 9.17) is 0 Å². The highest BCUT2D eigenvalue weighted by Crippen LogP contribution is 2.24. The van der Waals surface area contributed by atoms with Crippen LogP contribution >= 0.6 is 0 Å². The van der Waals surface area contributed by atoms with Gasteiger partial charge in [-0.05, 0) is 24.6 Å². The van der Waals surface area contributed by atoms with Crippen LogP contribution in [0.2, 0.25) is 0 Å². The van der Waals surface area contributed by atoms with E-state index in [1.807, 2.05) is 0 Å². The molecule has 0 aliphatic carbocycles. The van der Waals surface area contributed by atoms with Gasteiger partial charge in [-0.1, -0.05) is 6.07 Å². The fraction of sp³-hybridized carbons (Fsp3) is 0.286. The van der Waals surface area contributed by atoms with Crippen LogP contribution in [-0.4, -0.2) is 30.3 Å². The summed E-state index contributed by atoms with van der Waals surface area (Å²) < 4.78 is 64.9. The first-order valence-corrected chi connectivity index (χ1v) is 8.46. The summed E-state index contributed by atoms with van der Waals surface area (Å²) in [7, 11) is -4.17. The summed E-state index contributed by atoms with van der Waals surface area (Å²) in [6, 6.07) is 5.11. The van der Waals surface area contributed by atoms with Crippen molar-refractivity contribution in [2.45, 2.75) is 31.5 Å².